The highest BCUT2D eigenvalue weighted by molar-refractivity contribution is 5.92. The maximum atomic E-state index is 12.9. The van der Waals surface area contributed by atoms with Crippen molar-refractivity contribution < 1.29 is 14.0 Å². The number of anilines is 1. The molecule has 0 radical (unpaired) electrons. The number of nitrogens with two attached hydrogens (primary N) is 1. The van der Waals surface area contributed by atoms with E-state index in [-0.39, 0.29) is 24.2 Å². The fourth-order valence-electron chi connectivity index (χ4n) is 3.02. The minimum absolute atomic E-state index is 0.128. The van der Waals surface area contributed by atoms with Gasteiger partial charge in [0.15, 0.2) is 0 Å². The van der Waals surface area contributed by atoms with Gasteiger partial charge in [0.05, 0.1) is 6.54 Å². The van der Waals surface area contributed by atoms with Gasteiger partial charge in [-0.25, -0.2) is 4.39 Å². The second-order valence-corrected chi connectivity index (χ2v) is 6.66. The zero-order chi connectivity index (χ0) is 18.8. The molecule has 144 valence electrons. The molecule has 3 N–H and O–H groups in total. The molecule has 2 rings (SSSR count). The second kappa shape index (κ2) is 10.9. The first kappa shape index (κ1) is 20.3. The summed E-state index contributed by atoms with van der Waals surface area (Å²) in [6.45, 7) is 3.69. The van der Waals surface area contributed by atoms with Crippen LogP contribution in [-0.4, -0.2) is 60.9 Å². The van der Waals surface area contributed by atoms with Crippen LogP contribution < -0.4 is 11.1 Å². The number of halogens is 1. The number of hydrogen-bond donors (Lipinski definition) is 2. The van der Waals surface area contributed by atoms with Gasteiger partial charge in [-0.2, -0.15) is 0 Å². The minimum atomic E-state index is -0.330. The summed E-state index contributed by atoms with van der Waals surface area (Å²) >= 11 is 0. The maximum Gasteiger partial charge on any atom is 0.238 e. The summed E-state index contributed by atoms with van der Waals surface area (Å²) in [5, 5.41) is 2.76. The second-order valence-electron chi connectivity index (χ2n) is 6.66. The average molecular weight is 364 g/mol. The Kier molecular flexibility index (Phi) is 8.50. The SMILES string of the molecule is NCCCCCCC(=O)N1CCN(CC(=O)Nc2ccc(F)cc2)CC1. The highest BCUT2D eigenvalue weighted by Gasteiger charge is 2.22. The Morgan fingerprint density at radius 2 is 1.65 bits per heavy atom. The molecule has 0 unspecified atom stereocenters. The highest BCUT2D eigenvalue weighted by atomic mass is 19.1. The van der Waals surface area contributed by atoms with Gasteiger partial charge in [0.25, 0.3) is 0 Å². The largest absolute Gasteiger partial charge is 0.340 e. The lowest BCUT2D eigenvalue weighted by Gasteiger charge is -2.34. The van der Waals surface area contributed by atoms with Crippen LogP contribution in [0.15, 0.2) is 24.3 Å². The molecule has 1 aliphatic heterocycles. The number of rotatable bonds is 9. The number of piperazine rings is 1. The molecule has 6 nitrogen and oxygen atoms in total. The fourth-order valence-corrected chi connectivity index (χ4v) is 3.02. The summed E-state index contributed by atoms with van der Waals surface area (Å²) in [6.07, 6.45) is 4.66. The highest BCUT2D eigenvalue weighted by Crippen LogP contribution is 2.10. The van der Waals surface area contributed by atoms with Crippen molar-refractivity contribution in [3.63, 3.8) is 0 Å². The molecule has 0 aromatic heterocycles. The van der Waals surface area contributed by atoms with Crippen molar-refractivity contribution in [1.29, 1.82) is 0 Å². The number of amides is 2. The molecule has 0 atom stereocenters. The van der Waals surface area contributed by atoms with Gasteiger partial charge in [0, 0.05) is 38.3 Å². The van der Waals surface area contributed by atoms with E-state index >= 15 is 0 Å². The first-order chi connectivity index (χ1) is 12.6. The van der Waals surface area contributed by atoms with Gasteiger partial charge in [0.2, 0.25) is 11.8 Å². The summed E-state index contributed by atoms with van der Waals surface area (Å²) in [4.78, 5) is 28.2. The molecule has 1 heterocycles. The van der Waals surface area contributed by atoms with Crippen LogP contribution >= 0.6 is 0 Å². The number of nitrogens with zero attached hydrogens (tertiary/aromatic N) is 2. The third-order valence-electron chi connectivity index (χ3n) is 4.56. The number of carbonyl (C=O) groups is 2. The standard InChI is InChI=1S/C19H29FN4O2/c20-16-6-8-17(9-7-16)22-18(25)15-23-11-13-24(14-12-23)19(26)5-3-1-2-4-10-21/h6-9H,1-5,10-15,21H2,(H,22,25). The molecule has 0 saturated carbocycles. The van der Waals surface area contributed by atoms with Crippen LogP contribution in [0.1, 0.15) is 32.1 Å². The van der Waals surface area contributed by atoms with Crippen molar-refractivity contribution in [3.05, 3.63) is 30.1 Å². The molecule has 0 spiro atoms. The van der Waals surface area contributed by atoms with Gasteiger partial charge in [-0.3, -0.25) is 14.5 Å². The van der Waals surface area contributed by atoms with Crippen LogP contribution in [0.3, 0.4) is 0 Å². The predicted octanol–water partition coefficient (Wildman–Crippen LogP) is 1.82. The van der Waals surface area contributed by atoms with Gasteiger partial charge < -0.3 is 16.0 Å². The van der Waals surface area contributed by atoms with E-state index in [1.54, 1.807) is 0 Å². The van der Waals surface area contributed by atoms with Crippen LogP contribution in [0.2, 0.25) is 0 Å². The van der Waals surface area contributed by atoms with Crippen molar-refractivity contribution in [2.75, 3.05) is 44.6 Å². The Bertz CT molecular complexity index is 571. The van der Waals surface area contributed by atoms with Crippen LogP contribution in [0.25, 0.3) is 0 Å². The van der Waals surface area contributed by atoms with Gasteiger partial charge >= 0.3 is 0 Å². The number of unbranched alkanes of at least 4 members (excludes halogenated alkanes) is 3. The van der Waals surface area contributed by atoms with Crippen LogP contribution in [0.4, 0.5) is 10.1 Å². The van der Waals surface area contributed by atoms with Crippen LogP contribution in [0, 0.1) is 5.82 Å². The van der Waals surface area contributed by atoms with E-state index in [9.17, 15) is 14.0 Å². The molecule has 7 heteroatoms. The molecular formula is C19H29FN4O2. The van der Waals surface area contributed by atoms with E-state index in [1.165, 1.54) is 24.3 Å². The van der Waals surface area contributed by atoms with Crippen molar-refractivity contribution in [3.8, 4) is 0 Å². The molecule has 1 fully saturated rings. The third-order valence-corrected chi connectivity index (χ3v) is 4.56. The average Bonchev–Trinajstić information content (AvgIpc) is 2.64. The topological polar surface area (TPSA) is 78.7 Å². The number of benzene rings is 1. The molecule has 0 bridgehead atoms. The Morgan fingerprint density at radius 1 is 1.00 bits per heavy atom. The van der Waals surface area contributed by atoms with Gasteiger partial charge in [-0.1, -0.05) is 12.8 Å². The smallest absolute Gasteiger partial charge is 0.238 e. The number of carbonyl (C=O) groups excluding carboxylic acids is 2. The fraction of sp³-hybridized carbons (Fsp3) is 0.579. The zero-order valence-electron chi connectivity index (χ0n) is 15.3. The van der Waals surface area contributed by atoms with Gasteiger partial charge in [-0.15, -0.1) is 0 Å². The molecule has 1 aromatic carbocycles. The summed E-state index contributed by atoms with van der Waals surface area (Å²) in [5.41, 5.74) is 6.04. The Balaban J connectivity index is 1.63. The first-order valence-electron chi connectivity index (χ1n) is 9.34. The molecule has 26 heavy (non-hydrogen) atoms. The van der Waals surface area contributed by atoms with E-state index in [1.807, 2.05) is 9.80 Å². The molecular weight excluding hydrogens is 335 g/mol. The van der Waals surface area contributed by atoms with E-state index < -0.39 is 0 Å². The molecule has 1 aliphatic rings. The summed E-state index contributed by atoms with van der Waals surface area (Å²) in [5.74, 6) is -0.257. The lowest BCUT2D eigenvalue weighted by molar-refractivity contribution is -0.133. The van der Waals surface area contributed by atoms with Gasteiger partial charge in [-0.05, 0) is 43.7 Å². The van der Waals surface area contributed by atoms with E-state index in [2.05, 4.69) is 5.32 Å². The van der Waals surface area contributed by atoms with E-state index in [4.69, 9.17) is 5.73 Å². The molecule has 0 aliphatic carbocycles. The first-order valence-corrected chi connectivity index (χ1v) is 9.34. The lowest BCUT2D eigenvalue weighted by Crippen LogP contribution is -2.50. The Labute approximate surface area is 154 Å². The normalized spacial score (nSPS) is 15.1. The third kappa shape index (κ3) is 7.09. The van der Waals surface area contributed by atoms with Crippen LogP contribution in [0.5, 0.6) is 0 Å². The number of hydrogen-bond acceptors (Lipinski definition) is 4. The maximum absolute atomic E-state index is 12.9. The molecule has 1 aromatic rings. The van der Waals surface area contributed by atoms with Crippen molar-refractivity contribution in [1.82, 2.24) is 9.80 Å². The zero-order valence-corrected chi connectivity index (χ0v) is 15.3. The summed E-state index contributed by atoms with van der Waals surface area (Å²) in [7, 11) is 0. The van der Waals surface area contributed by atoms with E-state index in [0.29, 0.717) is 44.8 Å². The lowest BCUT2D eigenvalue weighted by atomic mass is 10.1. The van der Waals surface area contributed by atoms with E-state index in [0.717, 1.165) is 25.7 Å². The Morgan fingerprint density at radius 3 is 2.31 bits per heavy atom. The minimum Gasteiger partial charge on any atom is -0.340 e. The molecule has 2 amide bonds. The monoisotopic (exact) mass is 364 g/mol. The molecule has 1 saturated heterocycles. The predicted molar refractivity (Wildman–Crippen MR) is 100 cm³/mol. The Hall–Kier alpha value is -1.99. The summed E-state index contributed by atoms with van der Waals surface area (Å²) < 4.78 is 12.9. The van der Waals surface area contributed by atoms with Gasteiger partial charge in [0.1, 0.15) is 5.82 Å². The summed E-state index contributed by atoms with van der Waals surface area (Å²) in [6, 6.07) is 5.71. The van der Waals surface area contributed by atoms with Crippen molar-refractivity contribution in [2.45, 2.75) is 32.1 Å². The quantitative estimate of drug-likeness (QED) is 0.655. The van der Waals surface area contributed by atoms with Crippen molar-refractivity contribution in [2.24, 2.45) is 5.73 Å². The van der Waals surface area contributed by atoms with Crippen LogP contribution in [-0.2, 0) is 9.59 Å². The number of nitrogens with one attached hydrogen (secondary N) is 1. The van der Waals surface area contributed by atoms with Crippen molar-refractivity contribution >= 4 is 17.5 Å².